The van der Waals surface area contributed by atoms with Gasteiger partial charge in [0.15, 0.2) is 0 Å². The largest absolute Gasteiger partial charge is 0.448 e. The van der Waals surface area contributed by atoms with Gasteiger partial charge in [-0.1, -0.05) is 48.5 Å². The fourth-order valence-electron chi connectivity index (χ4n) is 2.97. The Morgan fingerprint density at radius 3 is 2.22 bits per heavy atom. The lowest BCUT2D eigenvalue weighted by atomic mass is 9.98. The minimum atomic E-state index is -1.10. The predicted octanol–water partition coefficient (Wildman–Crippen LogP) is 2.23. The third-order valence-electron chi connectivity index (χ3n) is 4.03. The maximum Gasteiger partial charge on any atom is 0.409 e. The SMILES string of the molecule is O=C(NC(O)CCO)OCC1c2ccccc2-c2ccccc21. The summed E-state index contributed by atoms with van der Waals surface area (Å²) in [7, 11) is 0. The van der Waals surface area contributed by atoms with Crippen LogP contribution in [0, 0.1) is 0 Å². The van der Waals surface area contributed by atoms with E-state index in [1.807, 2.05) is 36.4 Å². The van der Waals surface area contributed by atoms with Crippen LogP contribution in [0.3, 0.4) is 0 Å². The lowest BCUT2D eigenvalue weighted by molar-refractivity contribution is 0.0809. The molecule has 1 aliphatic rings. The molecule has 5 nitrogen and oxygen atoms in total. The molecule has 3 rings (SSSR count). The van der Waals surface area contributed by atoms with E-state index in [0.717, 1.165) is 22.3 Å². The second kappa shape index (κ2) is 6.81. The molecule has 0 aliphatic heterocycles. The number of aliphatic hydroxyl groups is 2. The smallest absolute Gasteiger partial charge is 0.409 e. The van der Waals surface area contributed by atoms with E-state index in [1.165, 1.54) is 0 Å². The summed E-state index contributed by atoms with van der Waals surface area (Å²) in [4.78, 5) is 11.7. The van der Waals surface area contributed by atoms with E-state index in [-0.39, 0.29) is 25.6 Å². The van der Waals surface area contributed by atoms with Crippen molar-refractivity contribution in [3.8, 4) is 11.1 Å². The number of carbonyl (C=O) groups is 1. The molecule has 1 unspecified atom stereocenters. The van der Waals surface area contributed by atoms with Crippen LogP contribution in [0.4, 0.5) is 4.79 Å². The van der Waals surface area contributed by atoms with Gasteiger partial charge in [0.1, 0.15) is 12.8 Å². The molecule has 0 heterocycles. The van der Waals surface area contributed by atoms with E-state index in [9.17, 15) is 9.90 Å². The number of aliphatic hydroxyl groups excluding tert-OH is 2. The molecule has 2 aromatic carbocycles. The Labute approximate surface area is 134 Å². The summed E-state index contributed by atoms with van der Waals surface area (Å²) in [6.07, 6.45) is -1.71. The topological polar surface area (TPSA) is 78.8 Å². The Kier molecular flexibility index (Phi) is 4.60. The van der Waals surface area contributed by atoms with Crippen molar-refractivity contribution in [2.45, 2.75) is 18.6 Å². The van der Waals surface area contributed by atoms with E-state index in [0.29, 0.717) is 0 Å². The number of fused-ring (bicyclic) bond motifs is 3. The molecular formula is C18H19NO4. The molecule has 0 saturated heterocycles. The minimum Gasteiger partial charge on any atom is -0.448 e. The quantitative estimate of drug-likeness (QED) is 0.740. The van der Waals surface area contributed by atoms with Crippen molar-refractivity contribution in [1.29, 1.82) is 0 Å². The first kappa shape index (κ1) is 15.5. The fourth-order valence-corrected chi connectivity index (χ4v) is 2.97. The number of alkyl carbamates (subject to hydrolysis) is 1. The molecule has 120 valence electrons. The monoisotopic (exact) mass is 313 g/mol. The third-order valence-corrected chi connectivity index (χ3v) is 4.03. The zero-order valence-electron chi connectivity index (χ0n) is 12.6. The van der Waals surface area contributed by atoms with E-state index < -0.39 is 12.3 Å². The van der Waals surface area contributed by atoms with Crippen LogP contribution < -0.4 is 5.32 Å². The van der Waals surface area contributed by atoms with Gasteiger partial charge < -0.3 is 14.9 Å². The van der Waals surface area contributed by atoms with Gasteiger partial charge in [-0.3, -0.25) is 5.32 Å². The highest BCUT2D eigenvalue weighted by Gasteiger charge is 2.29. The predicted molar refractivity (Wildman–Crippen MR) is 85.9 cm³/mol. The molecule has 0 aromatic heterocycles. The van der Waals surface area contributed by atoms with Crippen LogP contribution in [-0.2, 0) is 4.74 Å². The minimum absolute atomic E-state index is 0.0110. The summed E-state index contributed by atoms with van der Waals surface area (Å²) >= 11 is 0. The Morgan fingerprint density at radius 1 is 1.09 bits per heavy atom. The van der Waals surface area contributed by atoms with Crippen LogP contribution in [0.15, 0.2) is 48.5 Å². The number of carbonyl (C=O) groups excluding carboxylic acids is 1. The first-order valence-electron chi connectivity index (χ1n) is 7.61. The van der Waals surface area contributed by atoms with Gasteiger partial charge in [0.25, 0.3) is 0 Å². The number of ether oxygens (including phenoxy) is 1. The van der Waals surface area contributed by atoms with E-state index in [2.05, 4.69) is 17.4 Å². The highest BCUT2D eigenvalue weighted by atomic mass is 16.6. The second-order valence-electron chi connectivity index (χ2n) is 5.50. The summed E-state index contributed by atoms with van der Waals surface area (Å²) in [6.45, 7) is -0.00345. The summed E-state index contributed by atoms with van der Waals surface area (Å²) in [5.74, 6) is -0.0110. The molecule has 0 fully saturated rings. The van der Waals surface area contributed by atoms with E-state index >= 15 is 0 Å². The molecule has 3 N–H and O–H groups in total. The average Bonchev–Trinajstić information content (AvgIpc) is 2.87. The molecule has 0 radical (unpaired) electrons. The van der Waals surface area contributed by atoms with Crippen molar-refractivity contribution in [2.24, 2.45) is 0 Å². The highest BCUT2D eigenvalue weighted by molar-refractivity contribution is 5.79. The van der Waals surface area contributed by atoms with Crippen LogP contribution in [0.1, 0.15) is 23.5 Å². The van der Waals surface area contributed by atoms with E-state index in [1.54, 1.807) is 0 Å². The van der Waals surface area contributed by atoms with Crippen LogP contribution in [0.2, 0.25) is 0 Å². The molecule has 0 spiro atoms. The maximum absolute atomic E-state index is 11.7. The summed E-state index contributed by atoms with van der Waals surface area (Å²) in [5.41, 5.74) is 4.60. The lowest BCUT2D eigenvalue weighted by Crippen LogP contribution is -2.36. The van der Waals surface area contributed by atoms with Gasteiger partial charge in [0, 0.05) is 18.9 Å². The normalized spacial score (nSPS) is 14.0. The summed E-state index contributed by atoms with van der Waals surface area (Å²) in [6, 6.07) is 16.2. The Balaban J connectivity index is 1.72. The standard InChI is InChI=1S/C18H19NO4/c20-10-9-17(21)19-18(22)23-11-16-14-7-3-1-5-12(14)13-6-2-4-8-15(13)16/h1-8,16-17,20-21H,9-11H2,(H,19,22). The number of nitrogens with one attached hydrogen (secondary N) is 1. The average molecular weight is 313 g/mol. The van der Waals surface area contributed by atoms with Crippen molar-refractivity contribution in [1.82, 2.24) is 5.32 Å². The van der Waals surface area contributed by atoms with Gasteiger partial charge in [-0.25, -0.2) is 4.79 Å². The Morgan fingerprint density at radius 2 is 1.65 bits per heavy atom. The van der Waals surface area contributed by atoms with Crippen molar-refractivity contribution in [2.75, 3.05) is 13.2 Å². The van der Waals surface area contributed by atoms with E-state index in [4.69, 9.17) is 9.84 Å². The number of amides is 1. The van der Waals surface area contributed by atoms with Crippen molar-refractivity contribution in [3.05, 3.63) is 59.7 Å². The number of hydrogen-bond acceptors (Lipinski definition) is 4. The highest BCUT2D eigenvalue weighted by Crippen LogP contribution is 2.44. The zero-order valence-corrected chi connectivity index (χ0v) is 12.6. The van der Waals surface area contributed by atoms with Gasteiger partial charge in [0.05, 0.1) is 0 Å². The first-order chi connectivity index (χ1) is 11.2. The summed E-state index contributed by atoms with van der Waals surface area (Å²) < 4.78 is 5.26. The second-order valence-corrected chi connectivity index (χ2v) is 5.50. The van der Waals surface area contributed by atoms with Gasteiger partial charge in [-0.2, -0.15) is 0 Å². The van der Waals surface area contributed by atoms with Crippen LogP contribution >= 0.6 is 0 Å². The molecule has 0 bridgehead atoms. The molecule has 5 heteroatoms. The summed E-state index contributed by atoms with van der Waals surface area (Å²) in [5, 5.41) is 20.5. The Hall–Kier alpha value is -2.37. The number of rotatable bonds is 5. The van der Waals surface area contributed by atoms with Crippen molar-refractivity contribution in [3.63, 3.8) is 0 Å². The van der Waals surface area contributed by atoms with Crippen LogP contribution in [-0.4, -0.2) is 35.7 Å². The van der Waals surface area contributed by atoms with Crippen molar-refractivity contribution >= 4 is 6.09 Å². The van der Waals surface area contributed by atoms with Gasteiger partial charge in [0.2, 0.25) is 0 Å². The number of benzene rings is 2. The maximum atomic E-state index is 11.7. The fraction of sp³-hybridized carbons (Fsp3) is 0.278. The molecule has 2 aromatic rings. The molecule has 0 saturated carbocycles. The third kappa shape index (κ3) is 3.21. The molecule has 23 heavy (non-hydrogen) atoms. The molecule has 1 atom stereocenters. The van der Waals surface area contributed by atoms with Gasteiger partial charge >= 0.3 is 6.09 Å². The molecular weight excluding hydrogens is 294 g/mol. The van der Waals surface area contributed by atoms with Crippen LogP contribution in [0.25, 0.3) is 11.1 Å². The lowest BCUT2D eigenvalue weighted by Gasteiger charge is -2.16. The van der Waals surface area contributed by atoms with Crippen molar-refractivity contribution < 1.29 is 19.7 Å². The van der Waals surface area contributed by atoms with Gasteiger partial charge in [-0.15, -0.1) is 0 Å². The first-order valence-corrected chi connectivity index (χ1v) is 7.61. The van der Waals surface area contributed by atoms with Crippen LogP contribution in [0.5, 0.6) is 0 Å². The zero-order chi connectivity index (χ0) is 16.2. The number of hydrogen-bond donors (Lipinski definition) is 3. The Bertz CT molecular complexity index is 655. The molecule has 1 amide bonds. The van der Waals surface area contributed by atoms with Gasteiger partial charge in [-0.05, 0) is 22.3 Å². The molecule has 1 aliphatic carbocycles.